The lowest BCUT2D eigenvalue weighted by molar-refractivity contribution is -0.396. The number of carboxylic acid groups (broad SMARTS) is 1. The lowest BCUT2D eigenvalue weighted by Gasteiger charge is -2.72. The van der Waals surface area contributed by atoms with Crippen molar-refractivity contribution in [2.24, 2.45) is 50.2 Å². The molecule has 4 saturated heterocycles. The van der Waals surface area contributed by atoms with Gasteiger partial charge in [-0.1, -0.05) is 60.1 Å². The smallest absolute Gasteiger partial charge is 0.335 e. The van der Waals surface area contributed by atoms with Gasteiger partial charge in [-0.15, -0.1) is 0 Å². The van der Waals surface area contributed by atoms with E-state index in [2.05, 4.69) is 47.6 Å². The normalized spacial score (nSPS) is 56.3. The molecule has 4 heterocycles. The molecule has 0 aromatic rings. The van der Waals surface area contributed by atoms with Crippen molar-refractivity contribution in [1.82, 2.24) is 0 Å². The Bertz CT molecular complexity index is 2120. The van der Waals surface area contributed by atoms with Gasteiger partial charge in [-0.25, -0.2) is 4.79 Å². The first-order valence-electron chi connectivity index (χ1n) is 27.6. The number of aliphatic hydroxyl groups is 12. The number of rotatable bonds is 11. The van der Waals surface area contributed by atoms with Crippen LogP contribution in [-0.2, 0) is 42.7 Å². The van der Waals surface area contributed by atoms with Crippen molar-refractivity contribution in [3.63, 3.8) is 0 Å². The highest BCUT2D eigenvalue weighted by Gasteiger charge is 2.70. The molecule has 0 spiro atoms. The van der Waals surface area contributed by atoms with Gasteiger partial charge in [0.2, 0.25) is 0 Å². The third-order valence-corrected chi connectivity index (χ3v) is 21.6. The van der Waals surface area contributed by atoms with E-state index >= 15 is 0 Å². The Kier molecular flexibility index (Phi) is 16.3. The summed E-state index contributed by atoms with van der Waals surface area (Å²) in [4.78, 5) is 12.6. The Balaban J connectivity index is 0.979. The van der Waals surface area contributed by atoms with E-state index in [4.69, 9.17) is 37.9 Å². The van der Waals surface area contributed by atoms with Gasteiger partial charge in [-0.05, 0) is 111 Å². The maximum Gasteiger partial charge on any atom is 0.335 e. The summed E-state index contributed by atoms with van der Waals surface area (Å²) < 4.78 is 49.1. The predicted octanol–water partition coefficient (Wildman–Crippen LogP) is -0.444. The van der Waals surface area contributed by atoms with Crippen LogP contribution in [0.4, 0.5) is 0 Å². The lowest BCUT2D eigenvalue weighted by Crippen LogP contribution is -2.68. The van der Waals surface area contributed by atoms with E-state index in [1.807, 2.05) is 6.92 Å². The van der Waals surface area contributed by atoms with Gasteiger partial charge < -0.3 is 104 Å². The highest BCUT2D eigenvalue weighted by Crippen LogP contribution is 2.76. The van der Waals surface area contributed by atoms with Crippen LogP contribution in [0.15, 0.2) is 11.6 Å². The zero-order chi connectivity index (χ0) is 55.7. The van der Waals surface area contributed by atoms with Crippen LogP contribution in [0.25, 0.3) is 0 Å². The summed E-state index contributed by atoms with van der Waals surface area (Å²) >= 11 is 0. The number of carbonyl (C=O) groups is 1. The summed E-state index contributed by atoms with van der Waals surface area (Å²) in [7, 11) is 0. The molecule has 0 aromatic carbocycles. The fraction of sp³-hybridized carbons (Fsp3) is 0.944. The van der Waals surface area contributed by atoms with Crippen molar-refractivity contribution in [3.8, 4) is 0 Å². The van der Waals surface area contributed by atoms with Crippen molar-refractivity contribution in [2.45, 2.75) is 255 Å². The summed E-state index contributed by atoms with van der Waals surface area (Å²) in [5.74, 6) is -1.47. The summed E-state index contributed by atoms with van der Waals surface area (Å²) in [5, 5.41) is 141. The second-order valence-electron chi connectivity index (χ2n) is 26.4. The molecule has 4 saturated carbocycles. The second-order valence-corrected chi connectivity index (χ2v) is 26.4. The van der Waals surface area contributed by atoms with Crippen LogP contribution in [0, 0.1) is 50.2 Å². The molecule has 76 heavy (non-hydrogen) atoms. The topological polar surface area (TPSA) is 354 Å². The van der Waals surface area contributed by atoms with E-state index in [0.717, 1.165) is 38.5 Å². The lowest BCUT2D eigenvalue weighted by atomic mass is 9.33. The van der Waals surface area contributed by atoms with Gasteiger partial charge in [0, 0.05) is 10.8 Å². The number of aliphatic hydroxyl groups excluding tert-OH is 12. The maximum atomic E-state index is 12.6. The molecular formula is C54H88O22. The molecule has 2 unspecified atom stereocenters. The van der Waals surface area contributed by atoms with E-state index in [9.17, 15) is 71.2 Å². The van der Waals surface area contributed by atoms with Gasteiger partial charge in [-0.3, -0.25) is 0 Å². The second kappa shape index (κ2) is 21.0. The summed E-state index contributed by atoms with van der Waals surface area (Å²) in [6.07, 6.45) is -24.6. The van der Waals surface area contributed by atoms with E-state index in [0.29, 0.717) is 19.3 Å². The van der Waals surface area contributed by atoms with Crippen molar-refractivity contribution < 1.29 is 109 Å². The minimum absolute atomic E-state index is 0.138. The standard InChI is InChI=1S/C54H88O22/c1-22-31(57)34(60)39(65)45(69-22)73-30-19-49(3,4)18-25-24-10-11-28-51(6)14-13-29(52(7,21-56)27(51)12-15-54(28,9)53(24,8)17-16-50(25,30)5)72-48-43(38(64)37(63)41(74-48)44(67)68)76-47-42(36(62)33(59)26(20-55)71-47)75-46-40(66)35(61)32(58)23(2)70-46/h10,22-23,25-43,45-48,55-66H,11-21H2,1-9H3,(H,67,68)/t22-,23-,25-,26+,27?,28?,29-,30+,31-,32-,33-,34+,35+,36-,37-,38-,39+,40+,41-,42+,43+,45-,46-,47-,48+,50+,51-,52+,53+,54+/m0/s1. The molecule has 22 heteroatoms. The number of hydrogen-bond donors (Lipinski definition) is 13. The molecule has 4 aliphatic heterocycles. The van der Waals surface area contributed by atoms with Crippen molar-refractivity contribution in [2.75, 3.05) is 13.2 Å². The summed E-state index contributed by atoms with van der Waals surface area (Å²) in [5.41, 5.74) is -0.808. The fourth-order valence-corrected chi connectivity index (χ4v) is 16.6. The van der Waals surface area contributed by atoms with Gasteiger partial charge in [0.25, 0.3) is 0 Å². The maximum absolute atomic E-state index is 12.6. The predicted molar refractivity (Wildman–Crippen MR) is 262 cm³/mol. The molecule has 9 aliphatic rings. The monoisotopic (exact) mass is 1090 g/mol. The first-order valence-corrected chi connectivity index (χ1v) is 27.6. The molecular weight excluding hydrogens is 1000 g/mol. The van der Waals surface area contributed by atoms with Gasteiger partial charge in [-0.2, -0.15) is 0 Å². The average Bonchev–Trinajstić information content (AvgIpc) is 3.36. The Hall–Kier alpha value is -1.59. The number of aliphatic carboxylic acids is 1. The molecule has 0 aromatic heterocycles. The number of allylic oxidation sites excluding steroid dienone is 2. The van der Waals surface area contributed by atoms with E-state index in [1.165, 1.54) is 12.5 Å². The van der Waals surface area contributed by atoms with Gasteiger partial charge >= 0.3 is 5.97 Å². The molecule has 9 rings (SSSR count). The zero-order valence-corrected chi connectivity index (χ0v) is 45.3. The third kappa shape index (κ3) is 9.38. The quantitative estimate of drug-likeness (QED) is 0.0921. The minimum atomic E-state index is -2.10. The Labute approximate surface area is 444 Å². The van der Waals surface area contributed by atoms with Crippen molar-refractivity contribution in [1.29, 1.82) is 0 Å². The number of ether oxygens (including phenoxy) is 8. The molecule has 5 aliphatic carbocycles. The van der Waals surface area contributed by atoms with Crippen LogP contribution in [0.2, 0.25) is 0 Å². The Morgan fingerprint density at radius 2 is 1.12 bits per heavy atom. The van der Waals surface area contributed by atoms with Crippen LogP contribution in [-0.4, -0.2) is 221 Å². The molecule has 30 atom stereocenters. The van der Waals surface area contributed by atoms with Crippen molar-refractivity contribution in [3.05, 3.63) is 11.6 Å². The van der Waals surface area contributed by atoms with E-state index in [1.54, 1.807) is 6.92 Å². The third-order valence-electron chi connectivity index (χ3n) is 21.6. The van der Waals surface area contributed by atoms with E-state index in [-0.39, 0.29) is 57.5 Å². The van der Waals surface area contributed by atoms with Gasteiger partial charge in [0.1, 0.15) is 79.4 Å². The van der Waals surface area contributed by atoms with Gasteiger partial charge in [0.05, 0.1) is 37.6 Å². The molecule has 0 radical (unpaired) electrons. The molecule has 8 fully saturated rings. The van der Waals surface area contributed by atoms with Crippen LogP contribution >= 0.6 is 0 Å². The fourth-order valence-electron chi connectivity index (χ4n) is 16.6. The highest BCUT2D eigenvalue weighted by molar-refractivity contribution is 5.73. The highest BCUT2D eigenvalue weighted by atomic mass is 16.8. The number of hydrogen-bond acceptors (Lipinski definition) is 21. The molecule has 0 bridgehead atoms. The molecule has 22 nitrogen and oxygen atoms in total. The molecule has 13 N–H and O–H groups in total. The first-order chi connectivity index (χ1) is 35.4. The summed E-state index contributed by atoms with van der Waals surface area (Å²) in [6.45, 7) is 17.8. The Morgan fingerprint density at radius 1 is 0.566 bits per heavy atom. The largest absolute Gasteiger partial charge is 0.479 e. The van der Waals surface area contributed by atoms with Crippen molar-refractivity contribution >= 4 is 5.97 Å². The van der Waals surface area contributed by atoms with Crippen LogP contribution in [0.5, 0.6) is 0 Å². The van der Waals surface area contributed by atoms with Crippen LogP contribution < -0.4 is 0 Å². The first kappa shape index (κ1) is 59.0. The number of carboxylic acids is 1. The molecule has 0 amide bonds. The SMILES string of the molecule is C[C@@H]1O[C@@H](O[C@H]2[C@H](O[C@H]3[C@H](O[C@H]4CC[C@@]5(C)C(CC[C@]6(C)C5CC=C5[C@@H]7CC(C)(C)C[C@@H](O[C@@H]8O[C@@H](C)[C@H](O)[C@@H](O)[C@H]8O)[C@]7(C)CC[C@]56C)[C@@]4(C)CO)O[C@H](C(=O)O)[C@@H](O)[C@@H]3O)O[C@H](CO)[C@H](O)[C@@H]2O)[C@H](O)[C@H](O)[C@H]1O. The van der Waals surface area contributed by atoms with Gasteiger partial charge in [0.15, 0.2) is 31.3 Å². The molecule has 436 valence electrons. The average molecular weight is 1090 g/mol. The number of fused-ring (bicyclic) bond motifs is 7. The van der Waals surface area contributed by atoms with Crippen LogP contribution in [0.3, 0.4) is 0 Å². The zero-order valence-electron chi connectivity index (χ0n) is 45.3. The minimum Gasteiger partial charge on any atom is -0.479 e. The van der Waals surface area contributed by atoms with Crippen LogP contribution in [0.1, 0.15) is 120 Å². The van der Waals surface area contributed by atoms with E-state index < -0.39 is 147 Å². The summed E-state index contributed by atoms with van der Waals surface area (Å²) in [6, 6.07) is 0. The Morgan fingerprint density at radius 3 is 1.70 bits per heavy atom.